The molecule has 3 rings (SSSR count). The van der Waals surface area contributed by atoms with E-state index in [0.29, 0.717) is 6.54 Å². The second-order valence-electron chi connectivity index (χ2n) is 6.84. The van der Waals surface area contributed by atoms with Gasteiger partial charge in [-0.3, -0.25) is 15.0 Å². The molecule has 0 bridgehead atoms. The summed E-state index contributed by atoms with van der Waals surface area (Å²) in [5.74, 6) is 0.445. The van der Waals surface area contributed by atoms with Crippen LogP contribution in [-0.4, -0.2) is 38.0 Å². The molecule has 29 heavy (non-hydrogen) atoms. The van der Waals surface area contributed by atoms with Crippen LogP contribution in [0.5, 0.6) is 5.75 Å². The number of carbonyl (C=O) groups is 2. The average molecular weight is 391 g/mol. The molecule has 0 aliphatic carbocycles. The summed E-state index contributed by atoms with van der Waals surface area (Å²) >= 11 is 0. The zero-order chi connectivity index (χ0) is 20.8. The lowest BCUT2D eigenvalue weighted by atomic mass is 10.0. The lowest BCUT2D eigenvalue weighted by molar-refractivity contribution is -0.125. The minimum atomic E-state index is -0.597. The molecule has 0 heterocycles. The van der Waals surface area contributed by atoms with Gasteiger partial charge in [-0.1, -0.05) is 48.5 Å². The summed E-state index contributed by atoms with van der Waals surface area (Å²) in [5.41, 5.74) is 1.89. The Morgan fingerprint density at radius 1 is 1.00 bits per heavy atom. The quantitative estimate of drug-likeness (QED) is 0.675. The van der Waals surface area contributed by atoms with Crippen LogP contribution >= 0.6 is 0 Å². The standard InChI is InChI=1S/C23H25N3O3/c1-24-23(28)25-22(27)21(17-7-5-4-6-8-17)26(2)15-16-9-10-19-14-20(29-3)12-11-18(19)13-16/h4-14,21H,15H2,1-3H3,(H2,24,25,27,28)/t21-/m1/s1. The highest BCUT2D eigenvalue weighted by atomic mass is 16.5. The fraction of sp³-hybridized carbons (Fsp3) is 0.217. The summed E-state index contributed by atoms with van der Waals surface area (Å²) in [7, 11) is 5.01. The molecule has 6 nitrogen and oxygen atoms in total. The van der Waals surface area contributed by atoms with E-state index in [1.54, 1.807) is 7.11 Å². The molecule has 0 fully saturated rings. The summed E-state index contributed by atoms with van der Waals surface area (Å²) < 4.78 is 5.28. The maximum atomic E-state index is 12.8. The predicted molar refractivity (Wildman–Crippen MR) is 114 cm³/mol. The maximum absolute atomic E-state index is 12.8. The molecule has 0 unspecified atom stereocenters. The highest BCUT2D eigenvalue weighted by Gasteiger charge is 2.26. The van der Waals surface area contributed by atoms with Crippen molar-refractivity contribution in [2.24, 2.45) is 0 Å². The summed E-state index contributed by atoms with van der Waals surface area (Å²) in [6.45, 7) is 0.544. The zero-order valence-electron chi connectivity index (χ0n) is 16.8. The van der Waals surface area contributed by atoms with E-state index in [1.807, 2.05) is 72.6 Å². The normalized spacial score (nSPS) is 11.9. The van der Waals surface area contributed by atoms with Gasteiger partial charge in [0.1, 0.15) is 11.8 Å². The third-order valence-corrected chi connectivity index (χ3v) is 4.81. The van der Waals surface area contributed by atoms with E-state index in [9.17, 15) is 9.59 Å². The van der Waals surface area contributed by atoms with Crippen molar-refractivity contribution in [3.8, 4) is 5.75 Å². The molecule has 0 aromatic heterocycles. The number of amides is 3. The molecule has 3 amide bonds. The van der Waals surface area contributed by atoms with Crippen LogP contribution in [0.25, 0.3) is 10.8 Å². The molecule has 3 aromatic carbocycles. The van der Waals surface area contributed by atoms with E-state index in [4.69, 9.17) is 4.74 Å². The predicted octanol–water partition coefficient (Wildman–Crippen LogP) is 3.48. The molecule has 0 saturated carbocycles. The second-order valence-corrected chi connectivity index (χ2v) is 6.84. The third-order valence-electron chi connectivity index (χ3n) is 4.81. The van der Waals surface area contributed by atoms with Crippen LogP contribution in [0.2, 0.25) is 0 Å². The van der Waals surface area contributed by atoms with Crippen LogP contribution in [0.1, 0.15) is 17.2 Å². The van der Waals surface area contributed by atoms with Crippen molar-refractivity contribution in [3.63, 3.8) is 0 Å². The maximum Gasteiger partial charge on any atom is 0.321 e. The number of carbonyl (C=O) groups excluding carboxylic acids is 2. The SMILES string of the molecule is CNC(=O)NC(=O)[C@@H](c1ccccc1)N(C)Cc1ccc2cc(OC)ccc2c1. The van der Waals surface area contributed by atoms with Crippen LogP contribution in [0.3, 0.4) is 0 Å². The van der Waals surface area contributed by atoms with E-state index in [0.717, 1.165) is 27.6 Å². The average Bonchev–Trinajstić information content (AvgIpc) is 2.74. The second kappa shape index (κ2) is 9.21. The Labute approximate surface area is 170 Å². The van der Waals surface area contributed by atoms with Crippen LogP contribution < -0.4 is 15.4 Å². The molecular formula is C23H25N3O3. The number of fused-ring (bicyclic) bond motifs is 1. The molecule has 3 aromatic rings. The molecule has 0 aliphatic heterocycles. The van der Waals surface area contributed by atoms with Gasteiger partial charge in [-0.25, -0.2) is 4.79 Å². The lowest BCUT2D eigenvalue weighted by Crippen LogP contribution is -2.44. The molecule has 0 saturated heterocycles. The molecule has 150 valence electrons. The number of nitrogens with one attached hydrogen (secondary N) is 2. The largest absolute Gasteiger partial charge is 0.497 e. The van der Waals surface area contributed by atoms with E-state index < -0.39 is 12.1 Å². The van der Waals surface area contributed by atoms with Crippen molar-refractivity contribution < 1.29 is 14.3 Å². The van der Waals surface area contributed by atoms with Crippen molar-refractivity contribution in [3.05, 3.63) is 77.9 Å². The number of rotatable bonds is 6. The summed E-state index contributed by atoms with van der Waals surface area (Å²) in [6.07, 6.45) is 0. The number of imide groups is 1. The number of ether oxygens (including phenoxy) is 1. The number of nitrogens with zero attached hydrogens (tertiary/aromatic N) is 1. The topological polar surface area (TPSA) is 70.7 Å². The van der Waals surface area contributed by atoms with Gasteiger partial charge in [0.2, 0.25) is 5.91 Å². The van der Waals surface area contributed by atoms with Gasteiger partial charge in [0, 0.05) is 13.6 Å². The van der Waals surface area contributed by atoms with Gasteiger partial charge >= 0.3 is 6.03 Å². The van der Waals surface area contributed by atoms with Crippen LogP contribution in [0, 0.1) is 0 Å². The first-order valence-corrected chi connectivity index (χ1v) is 9.36. The van der Waals surface area contributed by atoms with Crippen LogP contribution in [-0.2, 0) is 11.3 Å². The van der Waals surface area contributed by atoms with Crippen LogP contribution in [0.4, 0.5) is 4.79 Å². The molecule has 0 aliphatic rings. The zero-order valence-corrected chi connectivity index (χ0v) is 16.8. The van der Waals surface area contributed by atoms with Crippen molar-refractivity contribution in [1.82, 2.24) is 15.5 Å². The van der Waals surface area contributed by atoms with Crippen LogP contribution in [0.15, 0.2) is 66.7 Å². The molecule has 0 radical (unpaired) electrons. The number of urea groups is 1. The minimum absolute atomic E-state index is 0.372. The number of hydrogen-bond donors (Lipinski definition) is 2. The van der Waals surface area contributed by atoms with Crippen molar-refractivity contribution in [2.75, 3.05) is 21.2 Å². The lowest BCUT2D eigenvalue weighted by Gasteiger charge is -2.27. The third kappa shape index (κ3) is 4.92. The Bertz CT molecular complexity index is 1000. The van der Waals surface area contributed by atoms with Crippen molar-refractivity contribution in [2.45, 2.75) is 12.6 Å². The van der Waals surface area contributed by atoms with E-state index >= 15 is 0 Å². The Hall–Kier alpha value is -3.38. The summed E-state index contributed by atoms with van der Waals surface area (Å²) in [4.78, 5) is 26.4. The van der Waals surface area contributed by atoms with E-state index in [2.05, 4.69) is 16.7 Å². The number of methoxy groups -OCH3 is 1. The summed E-state index contributed by atoms with van der Waals surface area (Å²) in [6, 6.07) is 20.4. The first-order valence-electron chi connectivity index (χ1n) is 9.36. The highest BCUT2D eigenvalue weighted by Crippen LogP contribution is 2.25. The molecule has 6 heteroatoms. The van der Waals surface area contributed by atoms with Gasteiger partial charge in [0.25, 0.3) is 0 Å². The number of hydrogen-bond acceptors (Lipinski definition) is 4. The number of likely N-dealkylation sites (N-methyl/N-ethyl adjacent to an activating group) is 1. The Morgan fingerprint density at radius 3 is 2.38 bits per heavy atom. The van der Waals surface area contributed by atoms with Crippen molar-refractivity contribution in [1.29, 1.82) is 0 Å². The monoisotopic (exact) mass is 391 g/mol. The molecule has 1 atom stereocenters. The Kier molecular flexibility index (Phi) is 6.46. The number of benzene rings is 3. The van der Waals surface area contributed by atoms with E-state index in [-0.39, 0.29) is 5.91 Å². The fourth-order valence-electron chi connectivity index (χ4n) is 3.36. The highest BCUT2D eigenvalue weighted by molar-refractivity contribution is 5.97. The molecular weight excluding hydrogens is 366 g/mol. The van der Waals surface area contributed by atoms with Crippen molar-refractivity contribution >= 4 is 22.7 Å². The van der Waals surface area contributed by atoms with Gasteiger partial charge in [-0.2, -0.15) is 0 Å². The first kappa shape index (κ1) is 20.4. The minimum Gasteiger partial charge on any atom is -0.497 e. The smallest absolute Gasteiger partial charge is 0.321 e. The van der Waals surface area contributed by atoms with Gasteiger partial charge in [-0.05, 0) is 47.1 Å². The molecule has 2 N–H and O–H groups in total. The Morgan fingerprint density at radius 2 is 1.69 bits per heavy atom. The van der Waals surface area contributed by atoms with E-state index in [1.165, 1.54) is 7.05 Å². The Balaban J connectivity index is 1.85. The first-order chi connectivity index (χ1) is 14.0. The summed E-state index contributed by atoms with van der Waals surface area (Å²) in [5, 5.41) is 7.00. The van der Waals surface area contributed by atoms with Gasteiger partial charge in [-0.15, -0.1) is 0 Å². The van der Waals surface area contributed by atoms with Gasteiger partial charge < -0.3 is 10.1 Å². The van der Waals surface area contributed by atoms with Gasteiger partial charge in [0.15, 0.2) is 0 Å². The molecule has 0 spiro atoms. The van der Waals surface area contributed by atoms with Gasteiger partial charge in [0.05, 0.1) is 7.11 Å². The fourth-order valence-corrected chi connectivity index (χ4v) is 3.36.